The molecular formula is C22H17NO5. The third kappa shape index (κ3) is 3.77. The molecule has 0 radical (unpaired) electrons. The average Bonchev–Trinajstić information content (AvgIpc) is 3.54. The molecule has 0 bridgehead atoms. The van der Waals surface area contributed by atoms with Gasteiger partial charge in [-0.25, -0.2) is 0 Å². The molecule has 0 N–H and O–H groups in total. The number of hydrogen-bond donors (Lipinski definition) is 0. The summed E-state index contributed by atoms with van der Waals surface area (Å²) in [7, 11) is 0. The monoisotopic (exact) mass is 375 g/mol. The molecule has 0 unspecified atom stereocenters. The lowest BCUT2D eigenvalue weighted by Gasteiger charge is -2.10. The highest BCUT2D eigenvalue weighted by molar-refractivity contribution is 6.03. The molecular weight excluding hydrogens is 358 g/mol. The molecule has 0 spiro atoms. The van der Waals surface area contributed by atoms with Gasteiger partial charge in [0.1, 0.15) is 18.5 Å². The summed E-state index contributed by atoms with van der Waals surface area (Å²) in [5, 5.41) is 10.7. The number of ketones is 1. The fraction of sp³-hybridized carbons (Fsp3) is 0.136. The molecule has 0 saturated carbocycles. The second kappa shape index (κ2) is 7.62. The molecule has 3 aromatic carbocycles. The van der Waals surface area contributed by atoms with Crippen molar-refractivity contribution in [3.63, 3.8) is 0 Å². The highest BCUT2D eigenvalue weighted by Crippen LogP contribution is 2.41. The Balaban J connectivity index is 1.45. The Bertz CT molecular complexity index is 1000. The van der Waals surface area contributed by atoms with Crippen LogP contribution in [0.3, 0.4) is 0 Å². The minimum absolute atomic E-state index is 0.0252. The lowest BCUT2D eigenvalue weighted by atomic mass is 10.0. The van der Waals surface area contributed by atoms with Gasteiger partial charge >= 0.3 is 0 Å². The molecule has 4 rings (SSSR count). The molecule has 6 nitrogen and oxygen atoms in total. The van der Waals surface area contributed by atoms with Crippen LogP contribution in [0.2, 0.25) is 0 Å². The summed E-state index contributed by atoms with van der Waals surface area (Å²) in [6.45, 7) is 0.204. The smallest absolute Gasteiger partial charge is 0.269 e. The molecule has 0 aliphatic carbocycles. The molecule has 3 aromatic rings. The third-order valence-electron chi connectivity index (χ3n) is 4.57. The SMILES string of the molecule is O=C(c1ccccc1OCc1ccc([N+](=O)[O-])cc1)[C@@H]1O[C@H]1c1ccccc1. The highest BCUT2D eigenvalue weighted by Gasteiger charge is 2.46. The first kappa shape index (κ1) is 17.9. The molecule has 0 amide bonds. The van der Waals surface area contributed by atoms with Crippen molar-refractivity contribution < 1.29 is 19.2 Å². The van der Waals surface area contributed by atoms with E-state index >= 15 is 0 Å². The van der Waals surface area contributed by atoms with Crippen LogP contribution in [0.4, 0.5) is 5.69 Å². The lowest BCUT2D eigenvalue weighted by molar-refractivity contribution is -0.384. The number of non-ortho nitro benzene ring substituents is 1. The van der Waals surface area contributed by atoms with Gasteiger partial charge in [-0.3, -0.25) is 14.9 Å². The maximum Gasteiger partial charge on any atom is 0.269 e. The first-order valence-corrected chi connectivity index (χ1v) is 8.83. The largest absolute Gasteiger partial charge is 0.488 e. The van der Waals surface area contributed by atoms with Gasteiger partial charge < -0.3 is 9.47 Å². The molecule has 2 atom stereocenters. The lowest BCUT2D eigenvalue weighted by Crippen LogP contribution is -2.10. The van der Waals surface area contributed by atoms with E-state index in [0.717, 1.165) is 11.1 Å². The van der Waals surface area contributed by atoms with E-state index in [0.29, 0.717) is 11.3 Å². The Hall–Kier alpha value is -3.51. The number of Topliss-reactive ketones (excluding diaryl/α,β-unsaturated/α-hetero) is 1. The van der Waals surface area contributed by atoms with E-state index in [1.54, 1.807) is 36.4 Å². The number of benzene rings is 3. The number of nitro groups is 1. The Morgan fingerprint density at radius 1 is 0.964 bits per heavy atom. The van der Waals surface area contributed by atoms with E-state index < -0.39 is 11.0 Å². The van der Waals surface area contributed by atoms with Crippen molar-refractivity contribution in [2.75, 3.05) is 0 Å². The Labute approximate surface area is 161 Å². The summed E-state index contributed by atoms with van der Waals surface area (Å²) >= 11 is 0. The van der Waals surface area contributed by atoms with Gasteiger partial charge in [-0.05, 0) is 35.4 Å². The van der Waals surface area contributed by atoms with Crippen molar-refractivity contribution in [3.05, 3.63) is 106 Å². The van der Waals surface area contributed by atoms with Crippen LogP contribution < -0.4 is 4.74 Å². The number of nitrogens with zero attached hydrogens (tertiary/aromatic N) is 1. The zero-order valence-electron chi connectivity index (χ0n) is 14.9. The highest BCUT2D eigenvalue weighted by atomic mass is 16.6. The average molecular weight is 375 g/mol. The van der Waals surface area contributed by atoms with E-state index in [4.69, 9.17) is 9.47 Å². The number of nitro benzene ring substituents is 1. The maximum absolute atomic E-state index is 12.9. The van der Waals surface area contributed by atoms with Gasteiger partial charge in [-0.1, -0.05) is 42.5 Å². The fourth-order valence-electron chi connectivity index (χ4n) is 3.03. The predicted octanol–water partition coefficient (Wildman–Crippen LogP) is 4.50. The van der Waals surface area contributed by atoms with Crippen molar-refractivity contribution in [3.8, 4) is 5.75 Å². The molecule has 0 aromatic heterocycles. The molecule has 6 heteroatoms. The number of epoxide rings is 1. The number of para-hydroxylation sites is 1. The topological polar surface area (TPSA) is 82.0 Å². The molecule has 1 fully saturated rings. The zero-order chi connectivity index (χ0) is 19.5. The van der Waals surface area contributed by atoms with Gasteiger partial charge in [0.2, 0.25) is 0 Å². The predicted molar refractivity (Wildman–Crippen MR) is 102 cm³/mol. The van der Waals surface area contributed by atoms with Crippen LogP contribution in [0.25, 0.3) is 0 Å². The first-order valence-electron chi connectivity index (χ1n) is 8.83. The van der Waals surface area contributed by atoms with Crippen LogP contribution in [0.15, 0.2) is 78.9 Å². The Morgan fingerprint density at radius 2 is 1.64 bits per heavy atom. The summed E-state index contributed by atoms with van der Waals surface area (Å²) in [4.78, 5) is 23.2. The second-order valence-electron chi connectivity index (χ2n) is 6.46. The van der Waals surface area contributed by atoms with Gasteiger partial charge in [-0.2, -0.15) is 0 Å². The zero-order valence-corrected chi connectivity index (χ0v) is 14.9. The van der Waals surface area contributed by atoms with Gasteiger partial charge in [0.15, 0.2) is 11.9 Å². The van der Waals surface area contributed by atoms with Crippen LogP contribution in [0.5, 0.6) is 5.75 Å². The minimum Gasteiger partial charge on any atom is -0.488 e. The van der Waals surface area contributed by atoms with Crippen molar-refractivity contribution in [2.24, 2.45) is 0 Å². The van der Waals surface area contributed by atoms with E-state index in [1.165, 1.54) is 12.1 Å². The first-order chi connectivity index (χ1) is 13.6. The van der Waals surface area contributed by atoms with Crippen LogP contribution >= 0.6 is 0 Å². The van der Waals surface area contributed by atoms with Crippen molar-refractivity contribution in [1.82, 2.24) is 0 Å². The number of rotatable bonds is 7. The summed E-state index contributed by atoms with van der Waals surface area (Å²) in [6.07, 6.45) is -0.733. The van der Waals surface area contributed by atoms with Gasteiger partial charge in [0.25, 0.3) is 5.69 Å². The quantitative estimate of drug-likeness (QED) is 0.263. The molecule has 1 saturated heterocycles. The van der Waals surface area contributed by atoms with Gasteiger partial charge in [-0.15, -0.1) is 0 Å². The van der Waals surface area contributed by atoms with E-state index in [2.05, 4.69) is 0 Å². The van der Waals surface area contributed by atoms with Crippen LogP contribution in [0, 0.1) is 10.1 Å². The van der Waals surface area contributed by atoms with Crippen molar-refractivity contribution in [2.45, 2.75) is 18.8 Å². The summed E-state index contributed by atoms with van der Waals surface area (Å²) < 4.78 is 11.4. The number of ether oxygens (including phenoxy) is 2. The van der Waals surface area contributed by atoms with E-state index in [-0.39, 0.29) is 24.2 Å². The summed E-state index contributed by atoms with van der Waals surface area (Å²) in [5.41, 5.74) is 2.24. The molecule has 28 heavy (non-hydrogen) atoms. The molecule has 1 aliphatic heterocycles. The van der Waals surface area contributed by atoms with Crippen molar-refractivity contribution in [1.29, 1.82) is 0 Å². The Morgan fingerprint density at radius 3 is 2.36 bits per heavy atom. The summed E-state index contributed by atoms with van der Waals surface area (Å²) in [6, 6.07) is 22.8. The minimum atomic E-state index is -0.508. The summed E-state index contributed by atoms with van der Waals surface area (Å²) in [5.74, 6) is 0.348. The Kier molecular flexibility index (Phi) is 4.87. The number of carbonyl (C=O) groups excluding carboxylic acids is 1. The number of carbonyl (C=O) groups is 1. The van der Waals surface area contributed by atoms with Crippen LogP contribution in [-0.4, -0.2) is 16.8 Å². The normalized spacial score (nSPS) is 17.7. The van der Waals surface area contributed by atoms with E-state index in [9.17, 15) is 14.9 Å². The third-order valence-corrected chi connectivity index (χ3v) is 4.57. The standard InChI is InChI=1S/C22H17NO5/c24-20(22-21(28-22)16-6-2-1-3-7-16)18-8-4-5-9-19(18)27-14-15-10-12-17(13-11-15)23(25)26/h1-13,21-22H,14H2/t21-,22-/m0/s1. The molecule has 1 heterocycles. The van der Waals surface area contributed by atoms with E-state index in [1.807, 2.05) is 30.3 Å². The van der Waals surface area contributed by atoms with Crippen LogP contribution in [-0.2, 0) is 11.3 Å². The molecule has 140 valence electrons. The van der Waals surface area contributed by atoms with Gasteiger partial charge in [0.05, 0.1) is 10.5 Å². The molecule has 1 aliphatic rings. The maximum atomic E-state index is 12.9. The van der Waals surface area contributed by atoms with Crippen molar-refractivity contribution >= 4 is 11.5 Å². The second-order valence-corrected chi connectivity index (χ2v) is 6.46. The fourth-order valence-corrected chi connectivity index (χ4v) is 3.03. The van der Waals surface area contributed by atoms with Crippen LogP contribution in [0.1, 0.15) is 27.6 Å². The number of hydrogen-bond acceptors (Lipinski definition) is 5. The van der Waals surface area contributed by atoms with Gasteiger partial charge in [0, 0.05) is 12.1 Å².